The molecule has 0 atom stereocenters. The first kappa shape index (κ1) is 11.9. The van der Waals surface area contributed by atoms with Crippen LogP contribution in [0.5, 0.6) is 0 Å². The van der Waals surface area contributed by atoms with E-state index < -0.39 is 0 Å². The highest BCUT2D eigenvalue weighted by Crippen LogP contribution is 2.39. The van der Waals surface area contributed by atoms with Gasteiger partial charge < -0.3 is 5.73 Å². The smallest absolute Gasteiger partial charge is 0.0438 e. The molecule has 0 spiro atoms. The van der Waals surface area contributed by atoms with E-state index >= 15 is 0 Å². The highest BCUT2D eigenvalue weighted by atomic mass is 35.5. The normalized spacial score (nSPS) is 19.6. The molecule has 0 aromatic heterocycles. The van der Waals surface area contributed by atoms with Crippen molar-refractivity contribution in [3.63, 3.8) is 0 Å². The molecule has 0 heterocycles. The van der Waals surface area contributed by atoms with Crippen LogP contribution in [0.3, 0.4) is 0 Å². The number of hydrogen-bond acceptors (Lipinski definition) is 1. The van der Waals surface area contributed by atoms with Gasteiger partial charge in [-0.3, -0.25) is 0 Å². The number of rotatable bonds is 3. The molecule has 1 saturated carbocycles. The SMILES string of the molecule is NCC1(Cc2ccccc2Cl)CCCCC1. The zero-order valence-corrected chi connectivity index (χ0v) is 10.5. The molecule has 1 aliphatic rings. The minimum Gasteiger partial charge on any atom is -0.330 e. The van der Waals surface area contributed by atoms with E-state index in [-0.39, 0.29) is 0 Å². The molecule has 1 nitrogen and oxygen atoms in total. The molecular weight excluding hydrogens is 218 g/mol. The molecule has 1 aromatic carbocycles. The molecule has 1 aliphatic carbocycles. The van der Waals surface area contributed by atoms with Crippen LogP contribution in [0.15, 0.2) is 24.3 Å². The molecule has 0 saturated heterocycles. The van der Waals surface area contributed by atoms with Crippen LogP contribution in [0.1, 0.15) is 37.7 Å². The van der Waals surface area contributed by atoms with Crippen molar-refractivity contribution >= 4 is 11.6 Å². The van der Waals surface area contributed by atoms with Crippen molar-refractivity contribution in [1.82, 2.24) is 0 Å². The van der Waals surface area contributed by atoms with Gasteiger partial charge in [-0.1, -0.05) is 49.1 Å². The summed E-state index contributed by atoms with van der Waals surface area (Å²) in [4.78, 5) is 0. The molecule has 0 aliphatic heterocycles. The fourth-order valence-corrected chi connectivity index (χ4v) is 3.00. The second-order valence-corrected chi connectivity index (χ2v) is 5.44. The van der Waals surface area contributed by atoms with E-state index in [1.165, 1.54) is 37.7 Å². The second-order valence-electron chi connectivity index (χ2n) is 5.03. The fourth-order valence-electron chi connectivity index (χ4n) is 2.80. The number of benzene rings is 1. The van der Waals surface area contributed by atoms with Crippen LogP contribution < -0.4 is 5.73 Å². The fraction of sp³-hybridized carbons (Fsp3) is 0.571. The first-order valence-corrected chi connectivity index (χ1v) is 6.57. The minimum absolute atomic E-state index is 0.309. The second kappa shape index (κ2) is 5.20. The van der Waals surface area contributed by atoms with E-state index in [2.05, 4.69) is 12.1 Å². The molecule has 16 heavy (non-hydrogen) atoms. The van der Waals surface area contributed by atoms with E-state index in [4.69, 9.17) is 17.3 Å². The predicted octanol–water partition coefficient (Wildman–Crippen LogP) is 3.79. The van der Waals surface area contributed by atoms with E-state index in [9.17, 15) is 0 Å². The van der Waals surface area contributed by atoms with E-state index in [1.54, 1.807) is 0 Å². The van der Waals surface area contributed by atoms with Gasteiger partial charge >= 0.3 is 0 Å². The molecule has 88 valence electrons. The minimum atomic E-state index is 0.309. The molecule has 1 aromatic rings. The lowest BCUT2D eigenvalue weighted by atomic mass is 9.70. The van der Waals surface area contributed by atoms with Crippen molar-refractivity contribution < 1.29 is 0 Å². The van der Waals surface area contributed by atoms with Crippen LogP contribution in [-0.4, -0.2) is 6.54 Å². The van der Waals surface area contributed by atoms with Crippen LogP contribution in [-0.2, 0) is 6.42 Å². The van der Waals surface area contributed by atoms with Crippen molar-refractivity contribution in [3.8, 4) is 0 Å². The maximum absolute atomic E-state index is 6.22. The van der Waals surface area contributed by atoms with Gasteiger partial charge in [0.2, 0.25) is 0 Å². The summed E-state index contributed by atoms with van der Waals surface area (Å²) in [6.45, 7) is 0.790. The van der Waals surface area contributed by atoms with Crippen molar-refractivity contribution in [2.45, 2.75) is 38.5 Å². The topological polar surface area (TPSA) is 26.0 Å². The molecular formula is C14H20ClN. The predicted molar refractivity (Wildman–Crippen MR) is 69.7 cm³/mol. The summed E-state index contributed by atoms with van der Waals surface area (Å²) in [5, 5.41) is 0.890. The van der Waals surface area contributed by atoms with Gasteiger partial charge in [0.05, 0.1) is 0 Å². The summed E-state index contributed by atoms with van der Waals surface area (Å²) in [5.74, 6) is 0. The monoisotopic (exact) mass is 237 g/mol. The maximum Gasteiger partial charge on any atom is 0.0438 e. The van der Waals surface area contributed by atoms with Crippen molar-refractivity contribution in [2.24, 2.45) is 11.1 Å². The first-order chi connectivity index (χ1) is 7.76. The highest BCUT2D eigenvalue weighted by Gasteiger charge is 2.31. The summed E-state index contributed by atoms with van der Waals surface area (Å²) < 4.78 is 0. The Morgan fingerprint density at radius 2 is 1.81 bits per heavy atom. The van der Waals surface area contributed by atoms with Crippen molar-refractivity contribution in [2.75, 3.05) is 6.54 Å². The maximum atomic E-state index is 6.22. The number of hydrogen-bond donors (Lipinski definition) is 1. The van der Waals surface area contributed by atoms with E-state index in [1.807, 2.05) is 12.1 Å². The van der Waals surface area contributed by atoms with Gasteiger partial charge in [-0.05, 0) is 42.9 Å². The molecule has 2 heteroatoms. The Kier molecular flexibility index (Phi) is 3.88. The third kappa shape index (κ3) is 2.58. The Bertz CT molecular complexity index is 342. The first-order valence-electron chi connectivity index (χ1n) is 6.19. The summed E-state index contributed by atoms with van der Waals surface area (Å²) >= 11 is 6.22. The van der Waals surface area contributed by atoms with Gasteiger partial charge in [0.25, 0.3) is 0 Å². The van der Waals surface area contributed by atoms with Crippen LogP contribution in [0.25, 0.3) is 0 Å². The Morgan fingerprint density at radius 1 is 1.12 bits per heavy atom. The Balaban J connectivity index is 2.15. The summed E-state index contributed by atoms with van der Waals surface area (Å²) in [5.41, 5.74) is 7.56. The molecule has 0 bridgehead atoms. The lowest BCUT2D eigenvalue weighted by Crippen LogP contribution is -2.34. The van der Waals surface area contributed by atoms with E-state index in [0.29, 0.717) is 5.41 Å². The lowest BCUT2D eigenvalue weighted by Gasteiger charge is -2.36. The van der Waals surface area contributed by atoms with Crippen LogP contribution in [0.4, 0.5) is 0 Å². The molecule has 2 N–H and O–H groups in total. The molecule has 0 amide bonds. The average molecular weight is 238 g/mol. The lowest BCUT2D eigenvalue weighted by molar-refractivity contribution is 0.197. The molecule has 2 rings (SSSR count). The molecule has 0 unspecified atom stereocenters. The Morgan fingerprint density at radius 3 is 2.44 bits per heavy atom. The Hall–Kier alpha value is -0.530. The highest BCUT2D eigenvalue weighted by molar-refractivity contribution is 6.31. The zero-order valence-electron chi connectivity index (χ0n) is 9.71. The molecule has 0 radical (unpaired) electrons. The summed E-state index contributed by atoms with van der Waals surface area (Å²) in [7, 11) is 0. The Labute approximate surface area is 103 Å². The summed E-state index contributed by atoms with van der Waals surface area (Å²) in [6.07, 6.45) is 7.57. The quantitative estimate of drug-likeness (QED) is 0.851. The van der Waals surface area contributed by atoms with E-state index in [0.717, 1.165) is 18.0 Å². The van der Waals surface area contributed by atoms with Crippen molar-refractivity contribution in [3.05, 3.63) is 34.9 Å². The largest absolute Gasteiger partial charge is 0.330 e. The van der Waals surface area contributed by atoms with Gasteiger partial charge in [-0.15, -0.1) is 0 Å². The zero-order chi connectivity index (χ0) is 11.4. The molecule has 1 fully saturated rings. The third-order valence-electron chi connectivity index (χ3n) is 3.87. The third-order valence-corrected chi connectivity index (χ3v) is 4.24. The van der Waals surface area contributed by atoms with Crippen LogP contribution >= 0.6 is 11.6 Å². The van der Waals surface area contributed by atoms with Gasteiger partial charge in [-0.2, -0.15) is 0 Å². The van der Waals surface area contributed by atoms with Crippen LogP contribution in [0, 0.1) is 5.41 Å². The van der Waals surface area contributed by atoms with Crippen LogP contribution in [0.2, 0.25) is 5.02 Å². The van der Waals surface area contributed by atoms with Gasteiger partial charge in [0.1, 0.15) is 0 Å². The van der Waals surface area contributed by atoms with Gasteiger partial charge in [-0.25, -0.2) is 0 Å². The number of nitrogens with two attached hydrogens (primary N) is 1. The summed E-state index contributed by atoms with van der Waals surface area (Å²) in [6, 6.07) is 8.16. The number of halogens is 1. The van der Waals surface area contributed by atoms with Crippen molar-refractivity contribution in [1.29, 1.82) is 0 Å². The average Bonchev–Trinajstić information content (AvgIpc) is 2.33. The standard InChI is InChI=1S/C14H20ClN/c15-13-7-3-2-6-12(13)10-14(11-16)8-4-1-5-9-14/h2-3,6-7H,1,4-5,8-11,16H2. The van der Waals surface area contributed by atoms with Gasteiger partial charge in [0, 0.05) is 5.02 Å². The van der Waals surface area contributed by atoms with Gasteiger partial charge in [0.15, 0.2) is 0 Å².